The molecule has 1 aromatic heterocycles. The SMILES string of the molecule is NC(=O)c1cnc(Cl)cc1Nc1ccccc1. The van der Waals surface area contributed by atoms with Crippen molar-refractivity contribution >= 4 is 28.9 Å². The number of pyridine rings is 1. The van der Waals surface area contributed by atoms with Gasteiger partial charge in [0.05, 0.1) is 11.3 Å². The molecule has 3 N–H and O–H groups in total. The second-order valence-electron chi connectivity index (χ2n) is 3.41. The maximum atomic E-state index is 11.2. The molecule has 0 radical (unpaired) electrons. The first-order valence-corrected chi connectivity index (χ1v) is 5.32. The first kappa shape index (κ1) is 11.4. The van der Waals surface area contributed by atoms with Crippen LogP contribution in [0.1, 0.15) is 10.4 Å². The number of rotatable bonds is 3. The van der Waals surface area contributed by atoms with Gasteiger partial charge in [-0.15, -0.1) is 0 Å². The molecular formula is C12H10ClN3O. The first-order chi connectivity index (χ1) is 8.16. The predicted molar refractivity (Wildman–Crippen MR) is 67.5 cm³/mol. The fourth-order valence-electron chi connectivity index (χ4n) is 1.41. The number of para-hydroxylation sites is 1. The average molecular weight is 248 g/mol. The molecule has 0 aliphatic carbocycles. The molecule has 0 atom stereocenters. The Balaban J connectivity index is 2.37. The maximum absolute atomic E-state index is 11.2. The first-order valence-electron chi connectivity index (χ1n) is 4.94. The van der Waals surface area contributed by atoms with Gasteiger partial charge in [-0.05, 0) is 18.2 Å². The lowest BCUT2D eigenvalue weighted by Crippen LogP contribution is -2.13. The van der Waals surface area contributed by atoms with E-state index in [2.05, 4.69) is 10.3 Å². The number of carbonyl (C=O) groups excluding carboxylic acids is 1. The van der Waals surface area contributed by atoms with E-state index in [1.807, 2.05) is 30.3 Å². The molecule has 0 fully saturated rings. The third-order valence-electron chi connectivity index (χ3n) is 2.19. The van der Waals surface area contributed by atoms with Crippen LogP contribution in [-0.4, -0.2) is 10.9 Å². The number of anilines is 2. The van der Waals surface area contributed by atoms with Gasteiger partial charge in [0, 0.05) is 11.9 Å². The van der Waals surface area contributed by atoms with E-state index in [0.717, 1.165) is 5.69 Å². The number of halogens is 1. The quantitative estimate of drug-likeness (QED) is 0.819. The van der Waals surface area contributed by atoms with Crippen molar-refractivity contribution in [3.8, 4) is 0 Å². The minimum Gasteiger partial charge on any atom is -0.365 e. The van der Waals surface area contributed by atoms with Crippen molar-refractivity contribution < 1.29 is 4.79 Å². The monoisotopic (exact) mass is 247 g/mol. The highest BCUT2D eigenvalue weighted by molar-refractivity contribution is 6.29. The minimum atomic E-state index is -0.549. The summed E-state index contributed by atoms with van der Waals surface area (Å²) in [6, 6.07) is 11.0. The second kappa shape index (κ2) is 4.84. The summed E-state index contributed by atoms with van der Waals surface area (Å²) < 4.78 is 0. The Morgan fingerprint density at radius 2 is 2.00 bits per heavy atom. The van der Waals surface area contributed by atoms with Crippen LogP contribution >= 0.6 is 11.6 Å². The summed E-state index contributed by atoms with van der Waals surface area (Å²) >= 11 is 5.78. The van der Waals surface area contributed by atoms with Crippen molar-refractivity contribution in [3.05, 3.63) is 53.3 Å². The van der Waals surface area contributed by atoms with Gasteiger partial charge < -0.3 is 11.1 Å². The van der Waals surface area contributed by atoms with Gasteiger partial charge in [0.1, 0.15) is 5.15 Å². The molecule has 1 heterocycles. The number of carbonyl (C=O) groups is 1. The molecule has 86 valence electrons. The largest absolute Gasteiger partial charge is 0.365 e. The average Bonchev–Trinajstić information content (AvgIpc) is 2.30. The minimum absolute atomic E-state index is 0.299. The number of hydrogen-bond donors (Lipinski definition) is 2. The molecule has 0 unspecified atom stereocenters. The lowest BCUT2D eigenvalue weighted by Gasteiger charge is -2.09. The molecule has 4 nitrogen and oxygen atoms in total. The Morgan fingerprint density at radius 1 is 1.29 bits per heavy atom. The molecule has 0 saturated carbocycles. The Labute approximate surface area is 103 Å². The highest BCUT2D eigenvalue weighted by Crippen LogP contribution is 2.22. The van der Waals surface area contributed by atoms with Gasteiger partial charge in [-0.1, -0.05) is 29.8 Å². The van der Waals surface area contributed by atoms with Crippen molar-refractivity contribution in [2.75, 3.05) is 5.32 Å². The van der Waals surface area contributed by atoms with E-state index in [9.17, 15) is 4.79 Å². The number of aromatic nitrogens is 1. The topological polar surface area (TPSA) is 68.0 Å². The van der Waals surface area contributed by atoms with E-state index >= 15 is 0 Å². The molecule has 2 aromatic rings. The Bertz CT molecular complexity index is 543. The van der Waals surface area contributed by atoms with E-state index < -0.39 is 5.91 Å². The normalized spacial score (nSPS) is 9.94. The molecule has 17 heavy (non-hydrogen) atoms. The van der Waals surface area contributed by atoms with Gasteiger partial charge in [0.15, 0.2) is 0 Å². The summed E-state index contributed by atoms with van der Waals surface area (Å²) in [6.45, 7) is 0. The van der Waals surface area contributed by atoms with Gasteiger partial charge in [-0.2, -0.15) is 0 Å². The Hall–Kier alpha value is -2.07. The van der Waals surface area contributed by atoms with Crippen molar-refractivity contribution in [2.45, 2.75) is 0 Å². The lowest BCUT2D eigenvalue weighted by molar-refractivity contribution is 0.100. The van der Waals surface area contributed by atoms with E-state index in [4.69, 9.17) is 17.3 Å². The fourth-order valence-corrected chi connectivity index (χ4v) is 1.56. The number of nitrogens with two attached hydrogens (primary N) is 1. The number of benzene rings is 1. The van der Waals surface area contributed by atoms with E-state index in [-0.39, 0.29) is 0 Å². The van der Waals surface area contributed by atoms with Crippen LogP contribution in [0.2, 0.25) is 5.15 Å². The van der Waals surface area contributed by atoms with Crippen LogP contribution in [0.5, 0.6) is 0 Å². The number of nitrogens with one attached hydrogen (secondary N) is 1. The lowest BCUT2D eigenvalue weighted by atomic mass is 10.2. The highest BCUT2D eigenvalue weighted by Gasteiger charge is 2.09. The zero-order valence-electron chi connectivity index (χ0n) is 8.85. The smallest absolute Gasteiger partial charge is 0.252 e. The predicted octanol–water partition coefficient (Wildman–Crippen LogP) is 2.58. The summed E-state index contributed by atoms with van der Waals surface area (Å²) in [6.07, 6.45) is 1.36. The van der Waals surface area contributed by atoms with E-state index in [0.29, 0.717) is 16.4 Å². The van der Waals surface area contributed by atoms with Crippen molar-refractivity contribution in [1.29, 1.82) is 0 Å². The van der Waals surface area contributed by atoms with Crippen LogP contribution in [0.15, 0.2) is 42.6 Å². The zero-order valence-corrected chi connectivity index (χ0v) is 9.61. The third kappa shape index (κ3) is 2.73. The van der Waals surface area contributed by atoms with Crippen LogP contribution in [0.25, 0.3) is 0 Å². The number of primary amides is 1. The van der Waals surface area contributed by atoms with Crippen molar-refractivity contribution in [3.63, 3.8) is 0 Å². The third-order valence-corrected chi connectivity index (χ3v) is 2.40. The zero-order chi connectivity index (χ0) is 12.3. The van der Waals surface area contributed by atoms with Crippen molar-refractivity contribution in [2.24, 2.45) is 5.73 Å². The molecule has 0 saturated heterocycles. The Kier molecular flexibility index (Phi) is 3.25. The van der Waals surface area contributed by atoms with Crippen LogP contribution in [0, 0.1) is 0 Å². The highest BCUT2D eigenvalue weighted by atomic mass is 35.5. The van der Waals surface area contributed by atoms with Gasteiger partial charge in [-0.25, -0.2) is 4.98 Å². The summed E-state index contributed by atoms with van der Waals surface area (Å²) in [7, 11) is 0. The van der Waals surface area contributed by atoms with Crippen LogP contribution in [-0.2, 0) is 0 Å². The molecule has 5 heteroatoms. The van der Waals surface area contributed by atoms with E-state index in [1.54, 1.807) is 6.07 Å². The van der Waals surface area contributed by atoms with Crippen LogP contribution in [0.3, 0.4) is 0 Å². The molecule has 1 aromatic carbocycles. The van der Waals surface area contributed by atoms with Gasteiger partial charge in [0.25, 0.3) is 5.91 Å². The molecule has 1 amide bonds. The molecule has 2 rings (SSSR count). The summed E-state index contributed by atoms with van der Waals surface area (Å²) in [5.74, 6) is -0.549. The summed E-state index contributed by atoms with van der Waals surface area (Å²) in [5.41, 5.74) is 6.95. The van der Waals surface area contributed by atoms with Crippen LogP contribution < -0.4 is 11.1 Å². The van der Waals surface area contributed by atoms with Gasteiger partial charge in [-0.3, -0.25) is 4.79 Å². The standard InChI is InChI=1S/C12H10ClN3O/c13-11-6-10(9(7-15-11)12(14)17)16-8-4-2-1-3-5-8/h1-7H,(H2,14,17)(H,15,16). The van der Waals surface area contributed by atoms with E-state index in [1.165, 1.54) is 6.20 Å². The molecule has 0 aliphatic heterocycles. The fraction of sp³-hybridized carbons (Fsp3) is 0. The number of amides is 1. The maximum Gasteiger partial charge on any atom is 0.252 e. The molecular weight excluding hydrogens is 238 g/mol. The van der Waals surface area contributed by atoms with Gasteiger partial charge >= 0.3 is 0 Å². The summed E-state index contributed by atoms with van der Waals surface area (Å²) in [4.78, 5) is 15.0. The number of hydrogen-bond acceptors (Lipinski definition) is 3. The molecule has 0 bridgehead atoms. The van der Waals surface area contributed by atoms with Crippen LogP contribution in [0.4, 0.5) is 11.4 Å². The van der Waals surface area contributed by atoms with Gasteiger partial charge in [0.2, 0.25) is 0 Å². The van der Waals surface area contributed by atoms with Crippen molar-refractivity contribution in [1.82, 2.24) is 4.98 Å². The second-order valence-corrected chi connectivity index (χ2v) is 3.80. The Morgan fingerprint density at radius 3 is 2.65 bits per heavy atom. The molecule has 0 aliphatic rings. The summed E-state index contributed by atoms with van der Waals surface area (Å²) in [5, 5.41) is 3.37. The number of nitrogens with zero attached hydrogens (tertiary/aromatic N) is 1. The molecule has 0 spiro atoms.